The predicted molar refractivity (Wildman–Crippen MR) is 92.2 cm³/mol. The van der Waals surface area contributed by atoms with Crippen molar-refractivity contribution in [1.29, 1.82) is 0 Å². The van der Waals surface area contributed by atoms with Crippen LogP contribution in [-0.2, 0) is 0 Å². The van der Waals surface area contributed by atoms with Gasteiger partial charge in [-0.3, -0.25) is 9.97 Å². The molecule has 4 nitrogen and oxygen atoms in total. The molecule has 0 aliphatic rings. The zero-order valence-electron chi connectivity index (χ0n) is 12.8. The number of halogens is 1. The SMILES string of the molecule is Fc1ccc2[nH]cc(C(Nc3cccnc3)c3cccnc3)c2c1. The molecule has 0 radical (unpaired) electrons. The lowest BCUT2D eigenvalue weighted by Crippen LogP contribution is -2.12. The lowest BCUT2D eigenvalue weighted by Gasteiger charge is -2.20. The molecule has 1 aromatic carbocycles. The Morgan fingerprint density at radius 2 is 1.83 bits per heavy atom. The van der Waals surface area contributed by atoms with Crippen LogP contribution in [-0.4, -0.2) is 15.0 Å². The molecule has 2 N–H and O–H groups in total. The van der Waals surface area contributed by atoms with Crippen LogP contribution in [0, 0.1) is 5.82 Å². The van der Waals surface area contributed by atoms with Crippen LogP contribution in [0.2, 0.25) is 0 Å². The highest BCUT2D eigenvalue weighted by Crippen LogP contribution is 2.31. The molecule has 0 amide bonds. The van der Waals surface area contributed by atoms with Crippen LogP contribution in [0.25, 0.3) is 10.9 Å². The Balaban J connectivity index is 1.84. The second-order valence-electron chi connectivity index (χ2n) is 5.54. The Morgan fingerprint density at radius 1 is 1.00 bits per heavy atom. The molecule has 4 rings (SSSR count). The van der Waals surface area contributed by atoms with Gasteiger partial charge in [-0.2, -0.15) is 0 Å². The minimum Gasteiger partial charge on any atom is -0.373 e. The zero-order valence-corrected chi connectivity index (χ0v) is 12.8. The van der Waals surface area contributed by atoms with Crippen LogP contribution in [0.3, 0.4) is 0 Å². The molecular weight excluding hydrogens is 303 g/mol. The van der Waals surface area contributed by atoms with Gasteiger partial charge in [-0.25, -0.2) is 4.39 Å². The molecule has 0 bridgehead atoms. The molecule has 4 aromatic rings. The van der Waals surface area contributed by atoms with Crippen LogP contribution < -0.4 is 5.32 Å². The van der Waals surface area contributed by atoms with E-state index in [2.05, 4.69) is 20.3 Å². The third-order valence-electron chi connectivity index (χ3n) is 3.98. The van der Waals surface area contributed by atoms with Crippen molar-refractivity contribution in [3.05, 3.63) is 90.4 Å². The number of H-pyrrole nitrogens is 1. The lowest BCUT2D eigenvalue weighted by molar-refractivity contribution is 0.629. The van der Waals surface area contributed by atoms with Gasteiger partial charge in [0, 0.05) is 47.5 Å². The van der Waals surface area contributed by atoms with Gasteiger partial charge < -0.3 is 10.3 Å². The van der Waals surface area contributed by atoms with Gasteiger partial charge >= 0.3 is 0 Å². The predicted octanol–water partition coefficient (Wildman–Crippen LogP) is 4.30. The van der Waals surface area contributed by atoms with E-state index in [1.165, 1.54) is 6.07 Å². The van der Waals surface area contributed by atoms with Gasteiger partial charge in [-0.1, -0.05) is 6.07 Å². The highest BCUT2D eigenvalue weighted by molar-refractivity contribution is 5.84. The van der Waals surface area contributed by atoms with Gasteiger partial charge in [0.2, 0.25) is 0 Å². The number of hydrogen-bond acceptors (Lipinski definition) is 3. The third-order valence-corrected chi connectivity index (χ3v) is 3.98. The van der Waals surface area contributed by atoms with Gasteiger partial charge in [-0.05, 0) is 42.0 Å². The van der Waals surface area contributed by atoms with Crippen molar-refractivity contribution < 1.29 is 4.39 Å². The molecule has 1 unspecified atom stereocenters. The maximum absolute atomic E-state index is 13.7. The van der Waals surface area contributed by atoms with E-state index in [1.807, 2.05) is 36.7 Å². The first-order valence-electron chi connectivity index (χ1n) is 7.64. The third kappa shape index (κ3) is 2.72. The fourth-order valence-corrected chi connectivity index (χ4v) is 2.86. The summed E-state index contributed by atoms with van der Waals surface area (Å²) in [5, 5.41) is 4.31. The van der Waals surface area contributed by atoms with Crippen LogP contribution in [0.5, 0.6) is 0 Å². The molecule has 0 saturated carbocycles. The van der Waals surface area contributed by atoms with E-state index >= 15 is 0 Å². The average molecular weight is 318 g/mol. The Hall–Kier alpha value is -3.21. The summed E-state index contributed by atoms with van der Waals surface area (Å²) < 4.78 is 13.7. The standard InChI is InChI=1S/C19H15FN4/c20-14-5-6-18-16(9-14)17(12-23-18)19(13-3-1-7-21-10-13)24-15-4-2-8-22-11-15/h1-12,19,23-24H. The van der Waals surface area contributed by atoms with E-state index in [4.69, 9.17) is 0 Å². The Morgan fingerprint density at radius 3 is 2.58 bits per heavy atom. The minimum absolute atomic E-state index is 0.168. The summed E-state index contributed by atoms with van der Waals surface area (Å²) in [4.78, 5) is 11.6. The summed E-state index contributed by atoms with van der Waals surface area (Å²) in [5.41, 5.74) is 3.73. The minimum atomic E-state index is -0.255. The number of hydrogen-bond donors (Lipinski definition) is 2. The number of benzene rings is 1. The molecule has 0 aliphatic heterocycles. The highest BCUT2D eigenvalue weighted by atomic mass is 19.1. The topological polar surface area (TPSA) is 53.6 Å². The summed E-state index contributed by atoms with van der Waals surface area (Å²) in [7, 11) is 0. The number of pyridine rings is 2. The molecular formula is C19H15FN4. The highest BCUT2D eigenvalue weighted by Gasteiger charge is 2.18. The van der Waals surface area contributed by atoms with Crippen LogP contribution in [0.1, 0.15) is 17.2 Å². The lowest BCUT2D eigenvalue weighted by atomic mass is 9.99. The zero-order chi connectivity index (χ0) is 16.4. The Bertz CT molecular complexity index is 951. The van der Waals surface area contributed by atoms with Crippen LogP contribution >= 0.6 is 0 Å². The van der Waals surface area contributed by atoms with Crippen molar-refractivity contribution in [2.75, 3.05) is 5.32 Å². The molecule has 3 aromatic heterocycles. The largest absolute Gasteiger partial charge is 0.373 e. The molecule has 118 valence electrons. The van der Waals surface area contributed by atoms with Gasteiger partial charge in [0.15, 0.2) is 0 Å². The van der Waals surface area contributed by atoms with Crippen LogP contribution in [0.4, 0.5) is 10.1 Å². The van der Waals surface area contributed by atoms with Crippen molar-refractivity contribution >= 4 is 16.6 Å². The monoisotopic (exact) mass is 318 g/mol. The van der Waals surface area contributed by atoms with E-state index in [9.17, 15) is 4.39 Å². The fourth-order valence-electron chi connectivity index (χ4n) is 2.86. The number of nitrogens with zero attached hydrogens (tertiary/aromatic N) is 2. The normalized spacial score (nSPS) is 12.2. The second kappa shape index (κ2) is 6.12. The molecule has 0 spiro atoms. The van der Waals surface area contributed by atoms with E-state index in [-0.39, 0.29) is 11.9 Å². The van der Waals surface area contributed by atoms with Crippen LogP contribution in [0.15, 0.2) is 73.4 Å². The summed E-state index contributed by atoms with van der Waals surface area (Å²) in [5.74, 6) is -0.255. The molecule has 0 aliphatic carbocycles. The van der Waals surface area contributed by atoms with E-state index in [0.717, 1.165) is 27.7 Å². The fraction of sp³-hybridized carbons (Fsp3) is 0.0526. The first-order chi connectivity index (χ1) is 11.8. The van der Waals surface area contributed by atoms with Gasteiger partial charge in [0.25, 0.3) is 0 Å². The number of anilines is 1. The summed E-state index contributed by atoms with van der Waals surface area (Å²) in [6, 6.07) is 12.3. The Labute approximate surface area is 138 Å². The van der Waals surface area contributed by atoms with E-state index in [1.54, 1.807) is 30.7 Å². The number of aromatic nitrogens is 3. The summed E-state index contributed by atoms with van der Waals surface area (Å²) in [6.45, 7) is 0. The first kappa shape index (κ1) is 14.4. The van der Waals surface area contributed by atoms with Crippen molar-refractivity contribution in [2.45, 2.75) is 6.04 Å². The quantitative estimate of drug-likeness (QED) is 0.590. The van der Waals surface area contributed by atoms with Crippen molar-refractivity contribution in [2.24, 2.45) is 0 Å². The van der Waals surface area contributed by atoms with E-state index < -0.39 is 0 Å². The van der Waals surface area contributed by atoms with Crippen molar-refractivity contribution in [1.82, 2.24) is 15.0 Å². The molecule has 3 heterocycles. The summed E-state index contributed by atoms with van der Waals surface area (Å²) in [6.07, 6.45) is 8.95. The van der Waals surface area contributed by atoms with Gasteiger partial charge in [0.1, 0.15) is 5.82 Å². The smallest absolute Gasteiger partial charge is 0.123 e. The van der Waals surface area contributed by atoms with Crippen molar-refractivity contribution in [3.8, 4) is 0 Å². The van der Waals surface area contributed by atoms with Gasteiger partial charge in [0.05, 0.1) is 11.7 Å². The molecule has 24 heavy (non-hydrogen) atoms. The second-order valence-corrected chi connectivity index (χ2v) is 5.54. The van der Waals surface area contributed by atoms with Gasteiger partial charge in [-0.15, -0.1) is 0 Å². The maximum Gasteiger partial charge on any atom is 0.123 e. The number of fused-ring (bicyclic) bond motifs is 1. The molecule has 5 heteroatoms. The number of nitrogens with one attached hydrogen (secondary N) is 2. The number of aromatic amines is 1. The molecule has 0 fully saturated rings. The van der Waals surface area contributed by atoms with Crippen molar-refractivity contribution in [3.63, 3.8) is 0 Å². The first-order valence-corrected chi connectivity index (χ1v) is 7.64. The summed E-state index contributed by atoms with van der Waals surface area (Å²) >= 11 is 0. The average Bonchev–Trinajstić information content (AvgIpc) is 3.04. The molecule has 0 saturated heterocycles. The van der Waals surface area contributed by atoms with E-state index in [0.29, 0.717) is 0 Å². The number of rotatable bonds is 4. The molecule has 1 atom stereocenters. The Kier molecular flexibility index (Phi) is 3.67. The maximum atomic E-state index is 13.7.